The van der Waals surface area contributed by atoms with Crippen LogP contribution in [0.5, 0.6) is 5.75 Å². The second kappa shape index (κ2) is 10.5. The SMILES string of the molecule is COc1cccc(C(=O)CC[NH2+]C(c2ccccc2)c2ccccc2)c1.[Cl-]. The van der Waals surface area contributed by atoms with Gasteiger partial charge in [0.15, 0.2) is 5.78 Å². The van der Waals surface area contributed by atoms with Crippen molar-refractivity contribution in [3.63, 3.8) is 0 Å². The summed E-state index contributed by atoms with van der Waals surface area (Å²) < 4.78 is 5.20. The van der Waals surface area contributed by atoms with Gasteiger partial charge in [0.2, 0.25) is 0 Å². The van der Waals surface area contributed by atoms with E-state index in [0.717, 1.165) is 6.54 Å². The molecule has 0 heterocycles. The first-order valence-electron chi connectivity index (χ1n) is 8.88. The minimum Gasteiger partial charge on any atom is -1.00 e. The zero-order valence-corrected chi connectivity index (χ0v) is 16.1. The molecule has 3 aromatic rings. The summed E-state index contributed by atoms with van der Waals surface area (Å²) in [4.78, 5) is 12.5. The molecule has 4 heteroatoms. The van der Waals surface area contributed by atoms with Gasteiger partial charge in [0.1, 0.15) is 11.8 Å². The molecule has 0 aliphatic heterocycles. The molecule has 3 aromatic carbocycles. The Balaban J connectivity index is 0.00000261. The van der Waals surface area contributed by atoms with Crippen LogP contribution in [0.25, 0.3) is 0 Å². The fourth-order valence-corrected chi connectivity index (χ4v) is 3.11. The summed E-state index contributed by atoms with van der Waals surface area (Å²) >= 11 is 0. The molecule has 0 aromatic heterocycles. The van der Waals surface area contributed by atoms with E-state index in [4.69, 9.17) is 4.74 Å². The Kier molecular flexibility index (Phi) is 8.05. The highest BCUT2D eigenvalue weighted by Crippen LogP contribution is 2.18. The van der Waals surface area contributed by atoms with Gasteiger partial charge in [0.05, 0.1) is 20.1 Å². The van der Waals surface area contributed by atoms with E-state index in [1.165, 1.54) is 11.1 Å². The Morgan fingerprint density at radius 3 is 2.04 bits per heavy atom. The van der Waals surface area contributed by atoms with E-state index in [1.54, 1.807) is 13.2 Å². The number of carbonyl (C=O) groups excluding carboxylic acids is 1. The van der Waals surface area contributed by atoms with E-state index in [1.807, 2.05) is 30.3 Å². The Labute approximate surface area is 166 Å². The van der Waals surface area contributed by atoms with Crippen LogP contribution in [-0.4, -0.2) is 19.4 Å². The summed E-state index contributed by atoms with van der Waals surface area (Å²) in [7, 11) is 1.61. The number of carbonyl (C=O) groups is 1. The quantitative estimate of drug-likeness (QED) is 0.581. The van der Waals surface area contributed by atoms with Crippen LogP contribution in [0.3, 0.4) is 0 Å². The molecule has 3 rings (SSSR count). The number of ether oxygens (including phenoxy) is 1. The molecule has 0 saturated carbocycles. The molecule has 0 radical (unpaired) electrons. The molecular formula is C23H24ClNO2. The summed E-state index contributed by atoms with van der Waals surface area (Å²) in [5.74, 6) is 0.853. The van der Waals surface area contributed by atoms with Crippen LogP contribution < -0.4 is 22.5 Å². The Morgan fingerprint density at radius 2 is 1.48 bits per heavy atom. The van der Waals surface area contributed by atoms with Crippen LogP contribution >= 0.6 is 0 Å². The number of rotatable bonds is 8. The number of hydrogen-bond donors (Lipinski definition) is 1. The summed E-state index contributed by atoms with van der Waals surface area (Å²) in [6, 6.07) is 28.4. The molecule has 0 bridgehead atoms. The van der Waals surface area contributed by atoms with Crippen molar-refractivity contribution in [3.8, 4) is 5.75 Å². The molecule has 27 heavy (non-hydrogen) atoms. The van der Waals surface area contributed by atoms with E-state index in [2.05, 4.69) is 53.8 Å². The molecule has 140 valence electrons. The molecule has 3 nitrogen and oxygen atoms in total. The smallest absolute Gasteiger partial charge is 0.168 e. The fourth-order valence-electron chi connectivity index (χ4n) is 3.11. The predicted octanol–water partition coefficient (Wildman–Crippen LogP) is 0.625. The van der Waals surface area contributed by atoms with Crippen LogP contribution in [0.1, 0.15) is 33.9 Å². The van der Waals surface area contributed by atoms with Gasteiger partial charge in [0.25, 0.3) is 0 Å². The predicted molar refractivity (Wildman–Crippen MR) is 103 cm³/mol. The second-order valence-electron chi connectivity index (χ2n) is 6.23. The first-order chi connectivity index (χ1) is 12.8. The van der Waals surface area contributed by atoms with Gasteiger partial charge in [-0.1, -0.05) is 72.8 Å². The van der Waals surface area contributed by atoms with E-state index < -0.39 is 0 Å². The van der Waals surface area contributed by atoms with Crippen molar-refractivity contribution in [2.24, 2.45) is 0 Å². The van der Waals surface area contributed by atoms with Gasteiger partial charge in [0, 0.05) is 16.7 Å². The van der Waals surface area contributed by atoms with Crippen molar-refractivity contribution in [2.75, 3.05) is 13.7 Å². The first-order valence-corrected chi connectivity index (χ1v) is 8.88. The van der Waals surface area contributed by atoms with Gasteiger partial charge in [-0.05, 0) is 12.1 Å². The molecule has 0 unspecified atom stereocenters. The highest BCUT2D eigenvalue weighted by molar-refractivity contribution is 5.96. The number of nitrogens with two attached hydrogens (primary N) is 1. The van der Waals surface area contributed by atoms with E-state index in [9.17, 15) is 4.79 Å². The van der Waals surface area contributed by atoms with Crippen LogP contribution in [0.15, 0.2) is 84.9 Å². The molecule has 0 amide bonds. The van der Waals surface area contributed by atoms with Gasteiger partial charge in [-0.25, -0.2) is 0 Å². The number of benzene rings is 3. The van der Waals surface area contributed by atoms with Gasteiger partial charge >= 0.3 is 0 Å². The largest absolute Gasteiger partial charge is 1.00 e. The number of Topliss-reactive ketones (excluding diaryl/α,β-unsaturated/α-hetero) is 1. The van der Waals surface area contributed by atoms with E-state index in [0.29, 0.717) is 17.7 Å². The molecule has 2 N–H and O–H groups in total. The van der Waals surface area contributed by atoms with Crippen molar-refractivity contribution < 1.29 is 27.3 Å². The van der Waals surface area contributed by atoms with Gasteiger partial charge in [-0.3, -0.25) is 4.79 Å². The highest BCUT2D eigenvalue weighted by Gasteiger charge is 2.17. The maximum Gasteiger partial charge on any atom is 0.168 e. The fraction of sp³-hybridized carbons (Fsp3) is 0.174. The normalized spacial score (nSPS) is 10.3. The average Bonchev–Trinajstić information content (AvgIpc) is 2.72. The van der Waals surface area contributed by atoms with Crippen molar-refractivity contribution in [1.82, 2.24) is 0 Å². The number of quaternary nitrogens is 1. The zero-order chi connectivity index (χ0) is 18.2. The van der Waals surface area contributed by atoms with Crippen LogP contribution in [-0.2, 0) is 0 Å². The third kappa shape index (κ3) is 5.68. The number of ketones is 1. The summed E-state index contributed by atoms with van der Waals surface area (Å²) in [6.07, 6.45) is 0.489. The lowest BCUT2D eigenvalue weighted by Crippen LogP contribution is -3.00. The molecular weight excluding hydrogens is 358 g/mol. The number of hydrogen-bond acceptors (Lipinski definition) is 2. The molecule has 0 atom stereocenters. The molecule has 0 saturated heterocycles. The topological polar surface area (TPSA) is 42.9 Å². The van der Waals surface area contributed by atoms with Crippen LogP contribution in [0.2, 0.25) is 0 Å². The Morgan fingerprint density at radius 1 is 0.889 bits per heavy atom. The molecule has 0 spiro atoms. The zero-order valence-electron chi connectivity index (χ0n) is 15.3. The second-order valence-corrected chi connectivity index (χ2v) is 6.23. The van der Waals surface area contributed by atoms with Crippen LogP contribution in [0, 0.1) is 0 Å². The van der Waals surface area contributed by atoms with E-state index >= 15 is 0 Å². The summed E-state index contributed by atoms with van der Waals surface area (Å²) in [6.45, 7) is 0.727. The highest BCUT2D eigenvalue weighted by atomic mass is 35.5. The van der Waals surface area contributed by atoms with Gasteiger partial charge in [-0.15, -0.1) is 0 Å². The summed E-state index contributed by atoms with van der Waals surface area (Å²) in [5.41, 5.74) is 3.19. The average molecular weight is 382 g/mol. The van der Waals surface area contributed by atoms with E-state index in [-0.39, 0.29) is 24.2 Å². The standard InChI is InChI=1S/C23H23NO2.ClH/c1-26-21-14-8-13-20(17-21)22(25)15-16-24-23(18-9-4-2-5-10-18)19-11-6-3-7-12-19;/h2-14,17,23-24H,15-16H2,1H3;1H. The summed E-state index contributed by atoms with van der Waals surface area (Å²) in [5, 5.41) is 2.24. The molecule has 0 fully saturated rings. The third-order valence-electron chi connectivity index (χ3n) is 4.48. The number of methoxy groups -OCH3 is 1. The lowest BCUT2D eigenvalue weighted by molar-refractivity contribution is -0.686. The minimum absolute atomic E-state index is 0. The van der Waals surface area contributed by atoms with Gasteiger partial charge < -0.3 is 22.5 Å². The van der Waals surface area contributed by atoms with Crippen molar-refractivity contribution in [2.45, 2.75) is 12.5 Å². The molecule has 0 aliphatic rings. The Bertz CT molecular complexity index is 798. The first kappa shape index (κ1) is 20.7. The van der Waals surface area contributed by atoms with Crippen molar-refractivity contribution >= 4 is 5.78 Å². The van der Waals surface area contributed by atoms with Crippen molar-refractivity contribution in [3.05, 3.63) is 102 Å². The lowest BCUT2D eigenvalue weighted by atomic mass is 9.98. The lowest BCUT2D eigenvalue weighted by Gasteiger charge is -2.16. The number of halogens is 1. The maximum absolute atomic E-state index is 12.5. The Hall–Kier alpha value is -2.62. The van der Waals surface area contributed by atoms with Gasteiger partial charge in [-0.2, -0.15) is 0 Å². The van der Waals surface area contributed by atoms with Crippen LogP contribution in [0.4, 0.5) is 0 Å². The maximum atomic E-state index is 12.5. The minimum atomic E-state index is 0. The third-order valence-corrected chi connectivity index (χ3v) is 4.48. The monoisotopic (exact) mass is 381 g/mol. The van der Waals surface area contributed by atoms with Crippen molar-refractivity contribution in [1.29, 1.82) is 0 Å². The molecule has 0 aliphatic carbocycles.